The molecule has 96 valence electrons. The number of hydrogen-bond acceptors (Lipinski definition) is 4. The minimum Gasteiger partial charge on any atom is -0.276 e. The van der Waals surface area contributed by atoms with Crippen molar-refractivity contribution in [3.8, 4) is 0 Å². The van der Waals surface area contributed by atoms with Crippen LogP contribution in [0.4, 0.5) is 0 Å². The van der Waals surface area contributed by atoms with Gasteiger partial charge in [-0.2, -0.15) is 5.10 Å². The molecule has 0 aromatic carbocycles. The van der Waals surface area contributed by atoms with E-state index in [1.807, 2.05) is 0 Å². The summed E-state index contributed by atoms with van der Waals surface area (Å²) in [6, 6.07) is 4.64. The maximum Gasteiger partial charge on any atom is 0.243 e. The van der Waals surface area contributed by atoms with Gasteiger partial charge in [-0.1, -0.05) is 11.6 Å². The summed E-state index contributed by atoms with van der Waals surface area (Å²) in [5.41, 5.74) is 0.626. The lowest BCUT2D eigenvalue weighted by molar-refractivity contribution is 0.579. The molecule has 8 heteroatoms. The quantitative estimate of drug-likeness (QED) is 0.849. The van der Waals surface area contributed by atoms with Crippen LogP contribution in [0.2, 0.25) is 5.15 Å². The van der Waals surface area contributed by atoms with Crippen LogP contribution in [0.3, 0.4) is 0 Å². The average Bonchev–Trinajstić information content (AvgIpc) is 2.73. The van der Waals surface area contributed by atoms with Crippen LogP contribution in [0.25, 0.3) is 0 Å². The Hall–Kier alpha value is -1.44. The zero-order valence-corrected chi connectivity index (χ0v) is 11.1. The fourth-order valence-corrected chi connectivity index (χ4v) is 2.83. The molecule has 0 bridgehead atoms. The second-order valence-electron chi connectivity index (χ2n) is 3.60. The molecule has 6 nitrogen and oxygen atoms in total. The highest BCUT2D eigenvalue weighted by Gasteiger charge is 2.18. The van der Waals surface area contributed by atoms with Crippen LogP contribution in [0, 0.1) is 0 Å². The molecule has 0 aliphatic rings. The van der Waals surface area contributed by atoms with Gasteiger partial charge in [-0.3, -0.25) is 4.68 Å². The van der Waals surface area contributed by atoms with E-state index in [9.17, 15) is 8.42 Å². The molecular formula is C10H11ClN4O2S. The van der Waals surface area contributed by atoms with E-state index in [1.165, 1.54) is 18.3 Å². The van der Waals surface area contributed by atoms with Gasteiger partial charge in [0, 0.05) is 19.4 Å². The van der Waals surface area contributed by atoms with Crippen LogP contribution in [0.15, 0.2) is 35.5 Å². The highest BCUT2D eigenvalue weighted by Crippen LogP contribution is 2.17. The fourth-order valence-electron chi connectivity index (χ4n) is 1.38. The summed E-state index contributed by atoms with van der Waals surface area (Å²) in [5, 5.41) is 4.02. The number of aromatic nitrogens is 3. The molecular weight excluding hydrogens is 276 g/mol. The van der Waals surface area contributed by atoms with Gasteiger partial charge in [0.1, 0.15) is 10.0 Å². The third-order valence-corrected chi connectivity index (χ3v) is 4.07. The summed E-state index contributed by atoms with van der Waals surface area (Å²) in [6.07, 6.45) is 3.17. The van der Waals surface area contributed by atoms with Crippen molar-refractivity contribution in [3.05, 3.63) is 41.4 Å². The molecule has 0 saturated carbocycles. The Morgan fingerprint density at radius 1 is 1.44 bits per heavy atom. The van der Waals surface area contributed by atoms with E-state index in [-0.39, 0.29) is 16.6 Å². The van der Waals surface area contributed by atoms with E-state index in [0.29, 0.717) is 5.69 Å². The average molecular weight is 287 g/mol. The van der Waals surface area contributed by atoms with Gasteiger partial charge in [0.2, 0.25) is 10.0 Å². The Morgan fingerprint density at radius 3 is 2.83 bits per heavy atom. The molecule has 18 heavy (non-hydrogen) atoms. The zero-order chi connectivity index (χ0) is 13.2. The van der Waals surface area contributed by atoms with Gasteiger partial charge in [-0.05, 0) is 18.2 Å². The van der Waals surface area contributed by atoms with Crippen molar-refractivity contribution in [3.63, 3.8) is 0 Å². The predicted molar refractivity (Wildman–Crippen MR) is 66.5 cm³/mol. The van der Waals surface area contributed by atoms with Crippen molar-refractivity contribution >= 4 is 21.6 Å². The number of aryl methyl sites for hydroxylation is 1. The van der Waals surface area contributed by atoms with Crippen molar-refractivity contribution < 1.29 is 8.42 Å². The number of hydrogen-bond donors (Lipinski definition) is 1. The normalized spacial score (nSPS) is 11.7. The lowest BCUT2D eigenvalue weighted by atomic mass is 10.4. The van der Waals surface area contributed by atoms with Crippen LogP contribution in [-0.2, 0) is 23.6 Å². The maximum atomic E-state index is 12.0. The van der Waals surface area contributed by atoms with Gasteiger partial charge in [0.15, 0.2) is 0 Å². The number of halogens is 1. The van der Waals surface area contributed by atoms with Gasteiger partial charge in [-0.15, -0.1) is 0 Å². The third-order valence-electron chi connectivity index (χ3n) is 2.23. The standard InChI is InChI=1S/C10H11ClN4O2S/c1-15-6-4-8(14-15)7-13-18(16,17)9-3-2-5-12-10(9)11/h2-6,13H,7H2,1H3. The number of sulfonamides is 1. The molecule has 0 aliphatic carbocycles. The van der Waals surface area contributed by atoms with Crippen LogP contribution < -0.4 is 4.72 Å². The van der Waals surface area contributed by atoms with Crippen molar-refractivity contribution in [2.24, 2.45) is 7.05 Å². The first-order valence-electron chi connectivity index (χ1n) is 5.08. The topological polar surface area (TPSA) is 76.9 Å². The second-order valence-corrected chi connectivity index (χ2v) is 5.69. The minimum atomic E-state index is -3.67. The van der Waals surface area contributed by atoms with Gasteiger partial charge in [0.05, 0.1) is 12.2 Å². The molecule has 2 heterocycles. The highest BCUT2D eigenvalue weighted by atomic mass is 35.5. The molecule has 0 atom stereocenters. The monoisotopic (exact) mass is 286 g/mol. The van der Waals surface area contributed by atoms with Crippen LogP contribution in [0.1, 0.15) is 5.69 Å². The first kappa shape index (κ1) is 13.0. The Morgan fingerprint density at radius 2 is 2.22 bits per heavy atom. The van der Waals surface area contributed by atoms with E-state index >= 15 is 0 Å². The van der Waals surface area contributed by atoms with E-state index in [0.717, 1.165) is 0 Å². The summed E-state index contributed by atoms with van der Waals surface area (Å²) in [5.74, 6) is 0. The summed E-state index contributed by atoms with van der Waals surface area (Å²) < 4.78 is 27.9. The maximum absolute atomic E-state index is 12.0. The first-order chi connectivity index (χ1) is 8.49. The Balaban J connectivity index is 2.16. The fraction of sp³-hybridized carbons (Fsp3) is 0.200. The molecule has 0 saturated heterocycles. The van der Waals surface area contributed by atoms with Crippen LogP contribution in [-0.4, -0.2) is 23.2 Å². The predicted octanol–water partition coefficient (Wildman–Crippen LogP) is 0.947. The van der Waals surface area contributed by atoms with Crippen molar-refractivity contribution in [2.75, 3.05) is 0 Å². The first-order valence-corrected chi connectivity index (χ1v) is 6.94. The Bertz CT molecular complexity index is 653. The highest BCUT2D eigenvalue weighted by molar-refractivity contribution is 7.89. The van der Waals surface area contributed by atoms with Crippen molar-refractivity contribution in [2.45, 2.75) is 11.4 Å². The van der Waals surface area contributed by atoms with Gasteiger partial charge in [-0.25, -0.2) is 18.1 Å². The number of rotatable bonds is 4. The lowest BCUT2D eigenvalue weighted by Gasteiger charge is -2.06. The SMILES string of the molecule is Cn1ccc(CNS(=O)(=O)c2cccnc2Cl)n1. The zero-order valence-electron chi connectivity index (χ0n) is 9.54. The molecule has 0 spiro atoms. The van der Waals surface area contributed by atoms with Gasteiger partial charge < -0.3 is 0 Å². The van der Waals surface area contributed by atoms with Gasteiger partial charge in [0.25, 0.3) is 0 Å². The summed E-state index contributed by atoms with van der Waals surface area (Å²) >= 11 is 5.74. The second kappa shape index (κ2) is 5.05. The van der Waals surface area contributed by atoms with E-state index < -0.39 is 10.0 Å². The molecule has 0 unspecified atom stereocenters. The Labute approximate surface area is 110 Å². The Kier molecular flexibility index (Phi) is 3.65. The van der Waals surface area contributed by atoms with E-state index in [2.05, 4.69) is 14.8 Å². The van der Waals surface area contributed by atoms with Gasteiger partial charge >= 0.3 is 0 Å². The van der Waals surface area contributed by atoms with Crippen molar-refractivity contribution in [1.29, 1.82) is 0 Å². The molecule has 1 N–H and O–H groups in total. The van der Waals surface area contributed by atoms with E-state index in [4.69, 9.17) is 11.6 Å². The van der Waals surface area contributed by atoms with Crippen molar-refractivity contribution in [1.82, 2.24) is 19.5 Å². The molecule has 0 radical (unpaired) electrons. The number of nitrogens with zero attached hydrogens (tertiary/aromatic N) is 3. The number of nitrogens with one attached hydrogen (secondary N) is 1. The largest absolute Gasteiger partial charge is 0.276 e. The molecule has 0 fully saturated rings. The van der Waals surface area contributed by atoms with Crippen LogP contribution in [0.5, 0.6) is 0 Å². The smallest absolute Gasteiger partial charge is 0.243 e. The minimum absolute atomic E-state index is 0.0393. The summed E-state index contributed by atoms with van der Waals surface area (Å²) in [7, 11) is -1.91. The lowest BCUT2D eigenvalue weighted by Crippen LogP contribution is -2.24. The van der Waals surface area contributed by atoms with E-state index in [1.54, 1.807) is 24.0 Å². The third kappa shape index (κ3) is 2.87. The molecule has 0 amide bonds. The molecule has 2 rings (SSSR count). The molecule has 2 aromatic rings. The summed E-state index contributed by atoms with van der Waals surface area (Å²) in [4.78, 5) is 3.69. The number of pyridine rings is 1. The molecule has 0 aliphatic heterocycles. The van der Waals surface area contributed by atoms with Crippen LogP contribution >= 0.6 is 11.6 Å². The molecule has 2 aromatic heterocycles. The summed E-state index contributed by atoms with van der Waals surface area (Å²) in [6.45, 7) is 0.106.